The summed E-state index contributed by atoms with van der Waals surface area (Å²) in [7, 11) is 0. The lowest BCUT2D eigenvalue weighted by atomic mass is 10.0. The molecule has 1 amide bonds. The minimum Gasteiger partial charge on any atom is -0.377 e. The van der Waals surface area contributed by atoms with Gasteiger partial charge in [0.25, 0.3) is 5.91 Å². The molecule has 2 heterocycles. The van der Waals surface area contributed by atoms with Gasteiger partial charge in [0.15, 0.2) is 0 Å². The van der Waals surface area contributed by atoms with Crippen molar-refractivity contribution in [2.75, 3.05) is 19.8 Å². The highest BCUT2D eigenvalue weighted by atomic mass is 16.5. The first-order valence-electron chi connectivity index (χ1n) is 9.49. The third-order valence-corrected chi connectivity index (χ3v) is 5.53. The molecule has 1 aliphatic carbocycles. The summed E-state index contributed by atoms with van der Waals surface area (Å²) in [4.78, 5) is 23.8. The van der Waals surface area contributed by atoms with Crippen molar-refractivity contribution < 1.29 is 9.53 Å². The van der Waals surface area contributed by atoms with E-state index in [1.54, 1.807) is 12.4 Å². The molecule has 5 heteroatoms. The van der Waals surface area contributed by atoms with E-state index in [0.717, 1.165) is 42.6 Å². The fraction of sp³-hybridized carbons (Fsp3) is 0.476. The number of nitrogens with zero attached hydrogens (tertiary/aromatic N) is 3. The van der Waals surface area contributed by atoms with E-state index in [1.807, 2.05) is 17.9 Å². The van der Waals surface area contributed by atoms with Gasteiger partial charge in [-0.1, -0.05) is 6.07 Å². The van der Waals surface area contributed by atoms with Crippen LogP contribution in [0.4, 0.5) is 0 Å². The Labute approximate surface area is 154 Å². The van der Waals surface area contributed by atoms with Gasteiger partial charge in [-0.3, -0.25) is 14.8 Å². The summed E-state index contributed by atoms with van der Waals surface area (Å²) in [6, 6.07) is 6.31. The number of amides is 1. The minimum atomic E-state index is 0.0888. The maximum Gasteiger partial charge on any atom is 0.254 e. The zero-order valence-corrected chi connectivity index (χ0v) is 15.3. The van der Waals surface area contributed by atoms with Crippen LogP contribution >= 0.6 is 0 Å². The van der Waals surface area contributed by atoms with Crippen molar-refractivity contribution in [3.05, 3.63) is 58.7 Å². The number of hydrogen-bond acceptors (Lipinski definition) is 4. The average Bonchev–Trinajstić information content (AvgIpc) is 3.15. The normalized spacial score (nSPS) is 19.4. The molecule has 0 unspecified atom stereocenters. The van der Waals surface area contributed by atoms with E-state index in [-0.39, 0.29) is 11.9 Å². The molecule has 1 atom stereocenters. The molecule has 0 saturated carbocycles. The first-order valence-corrected chi connectivity index (χ1v) is 9.49. The van der Waals surface area contributed by atoms with E-state index in [2.05, 4.69) is 22.1 Å². The Kier molecular flexibility index (Phi) is 4.98. The molecule has 0 spiro atoms. The summed E-state index contributed by atoms with van der Waals surface area (Å²) in [5, 5.41) is 0. The molecule has 0 bridgehead atoms. The molecule has 26 heavy (non-hydrogen) atoms. The number of carbonyl (C=O) groups excluding carboxylic acids is 1. The Morgan fingerprint density at radius 1 is 1.23 bits per heavy atom. The van der Waals surface area contributed by atoms with E-state index in [4.69, 9.17) is 4.74 Å². The van der Waals surface area contributed by atoms with Crippen molar-refractivity contribution in [3.8, 4) is 0 Å². The van der Waals surface area contributed by atoms with Crippen molar-refractivity contribution in [3.63, 3.8) is 0 Å². The Bertz CT molecular complexity index is 806. The molecule has 5 nitrogen and oxygen atoms in total. The number of fused-ring (bicyclic) bond motifs is 1. The van der Waals surface area contributed by atoms with Gasteiger partial charge in [-0.15, -0.1) is 0 Å². The maximum atomic E-state index is 13.1. The van der Waals surface area contributed by atoms with Crippen LogP contribution in [-0.2, 0) is 24.0 Å². The largest absolute Gasteiger partial charge is 0.377 e. The Morgan fingerprint density at radius 3 is 2.96 bits per heavy atom. The average molecular weight is 351 g/mol. The van der Waals surface area contributed by atoms with E-state index in [0.29, 0.717) is 19.8 Å². The molecule has 1 aliphatic heterocycles. The summed E-state index contributed by atoms with van der Waals surface area (Å²) in [5.74, 6) is 0.129. The fourth-order valence-corrected chi connectivity index (χ4v) is 4.02. The molecule has 1 saturated heterocycles. The number of aryl methyl sites for hydroxylation is 4. The van der Waals surface area contributed by atoms with Gasteiger partial charge in [0.2, 0.25) is 0 Å². The van der Waals surface area contributed by atoms with Crippen LogP contribution in [0.3, 0.4) is 0 Å². The first-order chi connectivity index (χ1) is 12.7. The van der Waals surface area contributed by atoms with Crippen LogP contribution in [0.2, 0.25) is 0 Å². The molecule has 2 aliphatic rings. The maximum absolute atomic E-state index is 13.1. The summed E-state index contributed by atoms with van der Waals surface area (Å²) in [5.41, 5.74) is 5.52. The van der Waals surface area contributed by atoms with Gasteiger partial charge < -0.3 is 9.64 Å². The zero-order valence-electron chi connectivity index (χ0n) is 15.3. The van der Waals surface area contributed by atoms with Crippen molar-refractivity contribution in [2.24, 2.45) is 0 Å². The van der Waals surface area contributed by atoms with Crippen LogP contribution in [0.5, 0.6) is 0 Å². The fourth-order valence-electron chi connectivity index (χ4n) is 4.02. The number of carbonyl (C=O) groups is 1. The van der Waals surface area contributed by atoms with Gasteiger partial charge in [0.1, 0.15) is 0 Å². The number of rotatable bonds is 4. The summed E-state index contributed by atoms with van der Waals surface area (Å²) in [6.07, 6.45) is 8.53. The van der Waals surface area contributed by atoms with E-state index >= 15 is 0 Å². The highest BCUT2D eigenvalue weighted by molar-refractivity contribution is 5.94. The number of hydrogen-bond donors (Lipinski definition) is 0. The Morgan fingerprint density at radius 2 is 2.08 bits per heavy atom. The van der Waals surface area contributed by atoms with Crippen LogP contribution in [0.25, 0.3) is 0 Å². The summed E-state index contributed by atoms with van der Waals surface area (Å²) in [6.45, 7) is 3.83. The summed E-state index contributed by atoms with van der Waals surface area (Å²) >= 11 is 0. The van der Waals surface area contributed by atoms with E-state index in [1.165, 1.54) is 17.5 Å². The molecular weight excluding hydrogens is 326 g/mol. The minimum absolute atomic E-state index is 0.0888. The molecule has 0 radical (unpaired) electrons. The number of aromatic nitrogens is 2. The van der Waals surface area contributed by atoms with Crippen LogP contribution < -0.4 is 0 Å². The molecule has 1 fully saturated rings. The monoisotopic (exact) mass is 351 g/mol. The first kappa shape index (κ1) is 17.2. The van der Waals surface area contributed by atoms with Gasteiger partial charge in [-0.05, 0) is 62.3 Å². The predicted octanol–water partition coefficient (Wildman–Crippen LogP) is 2.75. The highest BCUT2D eigenvalue weighted by Gasteiger charge is 2.28. The third-order valence-electron chi connectivity index (χ3n) is 5.53. The van der Waals surface area contributed by atoms with Crippen LogP contribution in [0.15, 0.2) is 30.6 Å². The van der Waals surface area contributed by atoms with Gasteiger partial charge in [-0.25, -0.2) is 0 Å². The van der Waals surface area contributed by atoms with Crippen molar-refractivity contribution in [1.82, 2.24) is 14.9 Å². The standard InChI is InChI=1S/C21H25N3O2/c1-15-20(23-10-9-22-15)8-7-19-14-26-12-11-24(19)21(25)18-6-5-16-3-2-4-17(16)13-18/h5-6,9-10,13,19H,2-4,7-8,11-12,14H2,1H3/t19-/m1/s1. The van der Waals surface area contributed by atoms with Crippen molar-refractivity contribution >= 4 is 5.91 Å². The Balaban J connectivity index is 1.48. The quantitative estimate of drug-likeness (QED) is 0.850. The number of benzene rings is 1. The van der Waals surface area contributed by atoms with Gasteiger partial charge in [0, 0.05) is 24.5 Å². The third kappa shape index (κ3) is 3.49. The van der Waals surface area contributed by atoms with E-state index in [9.17, 15) is 4.79 Å². The lowest BCUT2D eigenvalue weighted by Crippen LogP contribution is -2.49. The molecule has 4 rings (SSSR count). The topological polar surface area (TPSA) is 55.3 Å². The molecule has 1 aromatic heterocycles. The second-order valence-electron chi connectivity index (χ2n) is 7.19. The van der Waals surface area contributed by atoms with Crippen LogP contribution in [0.1, 0.15) is 45.7 Å². The Hall–Kier alpha value is -2.27. The molecular formula is C21H25N3O2. The predicted molar refractivity (Wildman–Crippen MR) is 99.2 cm³/mol. The second kappa shape index (κ2) is 7.54. The van der Waals surface area contributed by atoms with Gasteiger partial charge >= 0.3 is 0 Å². The number of ether oxygens (including phenoxy) is 1. The van der Waals surface area contributed by atoms with Gasteiger partial charge in [-0.2, -0.15) is 0 Å². The molecule has 2 aromatic rings. The SMILES string of the molecule is Cc1nccnc1CC[C@@H]1COCCN1C(=O)c1ccc2c(c1)CCC2. The van der Waals surface area contributed by atoms with Crippen molar-refractivity contribution in [2.45, 2.75) is 45.1 Å². The zero-order chi connectivity index (χ0) is 17.9. The number of morpholine rings is 1. The van der Waals surface area contributed by atoms with Crippen molar-refractivity contribution in [1.29, 1.82) is 0 Å². The summed E-state index contributed by atoms with van der Waals surface area (Å²) < 4.78 is 5.66. The second-order valence-corrected chi connectivity index (χ2v) is 7.19. The highest BCUT2D eigenvalue weighted by Crippen LogP contribution is 2.24. The molecule has 0 N–H and O–H groups in total. The van der Waals surface area contributed by atoms with Gasteiger partial charge in [0.05, 0.1) is 30.6 Å². The molecule has 1 aromatic carbocycles. The lowest BCUT2D eigenvalue weighted by molar-refractivity contribution is -0.00414. The lowest BCUT2D eigenvalue weighted by Gasteiger charge is -2.36. The van der Waals surface area contributed by atoms with Crippen LogP contribution in [-0.4, -0.2) is 46.6 Å². The molecule has 136 valence electrons. The smallest absolute Gasteiger partial charge is 0.254 e. The van der Waals surface area contributed by atoms with E-state index < -0.39 is 0 Å². The van der Waals surface area contributed by atoms with Crippen LogP contribution in [0, 0.1) is 6.92 Å².